The summed E-state index contributed by atoms with van der Waals surface area (Å²) in [6, 6.07) is 27.6. The van der Waals surface area contributed by atoms with Gasteiger partial charge in [0.05, 0.1) is 7.11 Å². The van der Waals surface area contributed by atoms with Crippen molar-refractivity contribution in [2.24, 2.45) is 0 Å². The van der Waals surface area contributed by atoms with Crippen LogP contribution < -0.4 is 4.74 Å². The molecule has 2 nitrogen and oxygen atoms in total. The lowest BCUT2D eigenvalue weighted by Gasteiger charge is -2.22. The van der Waals surface area contributed by atoms with Crippen LogP contribution in [0.5, 0.6) is 11.5 Å². The van der Waals surface area contributed by atoms with Gasteiger partial charge in [0, 0.05) is 16.5 Å². The molecule has 3 heteroatoms. The van der Waals surface area contributed by atoms with Gasteiger partial charge in [-0.25, -0.2) is 0 Å². The van der Waals surface area contributed by atoms with Crippen LogP contribution in [-0.2, 0) is 0 Å². The van der Waals surface area contributed by atoms with Crippen molar-refractivity contribution in [2.75, 3.05) is 7.11 Å². The lowest BCUT2D eigenvalue weighted by Crippen LogP contribution is -2.05. The maximum atomic E-state index is 10.8. The summed E-state index contributed by atoms with van der Waals surface area (Å²) in [5.74, 6) is 0.958. The second-order valence-electron chi connectivity index (χ2n) is 6.48. The van der Waals surface area contributed by atoms with E-state index in [0.29, 0.717) is 5.02 Å². The third kappa shape index (κ3) is 3.36. The molecule has 134 valence electrons. The second kappa shape index (κ2) is 7.34. The van der Waals surface area contributed by atoms with E-state index in [1.165, 1.54) is 0 Å². The fourth-order valence-electron chi connectivity index (χ4n) is 3.56. The molecule has 1 unspecified atom stereocenters. The normalized spacial score (nSPS) is 12.1. The minimum absolute atomic E-state index is 0.126. The Morgan fingerprint density at radius 2 is 1.41 bits per heavy atom. The van der Waals surface area contributed by atoms with Crippen molar-refractivity contribution < 1.29 is 9.84 Å². The monoisotopic (exact) mass is 374 g/mol. The maximum absolute atomic E-state index is 10.8. The molecule has 0 heterocycles. The highest BCUT2D eigenvalue weighted by atomic mass is 35.5. The molecule has 0 aromatic heterocycles. The summed E-state index contributed by atoms with van der Waals surface area (Å²) in [6.45, 7) is 0. The summed E-state index contributed by atoms with van der Waals surface area (Å²) in [4.78, 5) is 0. The third-order valence-electron chi connectivity index (χ3n) is 4.89. The van der Waals surface area contributed by atoms with Crippen molar-refractivity contribution in [3.63, 3.8) is 0 Å². The molecule has 1 atom stereocenters. The van der Waals surface area contributed by atoms with Crippen LogP contribution in [0.15, 0.2) is 84.9 Å². The SMILES string of the molecule is COc1ccc(C(c2ccc(Cl)cc2)c2c(O)ccc3ccccc23)cc1. The van der Waals surface area contributed by atoms with Crippen LogP contribution in [0.2, 0.25) is 5.02 Å². The minimum atomic E-state index is -0.126. The van der Waals surface area contributed by atoms with E-state index in [-0.39, 0.29) is 11.7 Å². The lowest BCUT2D eigenvalue weighted by molar-refractivity contribution is 0.414. The number of hydrogen-bond donors (Lipinski definition) is 1. The Morgan fingerprint density at radius 3 is 2.07 bits per heavy atom. The largest absolute Gasteiger partial charge is 0.508 e. The predicted octanol–water partition coefficient (Wildman–Crippen LogP) is 6.39. The number of benzene rings is 4. The molecule has 0 saturated heterocycles. The Balaban J connectivity index is 1.98. The Kier molecular flexibility index (Phi) is 4.74. The van der Waals surface area contributed by atoms with Crippen LogP contribution in [0.3, 0.4) is 0 Å². The van der Waals surface area contributed by atoms with E-state index < -0.39 is 0 Å². The zero-order valence-electron chi connectivity index (χ0n) is 14.9. The van der Waals surface area contributed by atoms with Gasteiger partial charge in [-0.05, 0) is 52.2 Å². The van der Waals surface area contributed by atoms with E-state index in [4.69, 9.17) is 16.3 Å². The van der Waals surface area contributed by atoms with Crippen LogP contribution in [0, 0.1) is 0 Å². The summed E-state index contributed by atoms with van der Waals surface area (Å²) in [5, 5.41) is 13.6. The van der Waals surface area contributed by atoms with Crippen molar-refractivity contribution in [3.05, 3.63) is 107 Å². The van der Waals surface area contributed by atoms with Crippen molar-refractivity contribution in [2.45, 2.75) is 5.92 Å². The summed E-state index contributed by atoms with van der Waals surface area (Å²) >= 11 is 6.11. The van der Waals surface area contributed by atoms with Crippen LogP contribution in [0.4, 0.5) is 0 Å². The number of methoxy groups -OCH3 is 1. The zero-order valence-corrected chi connectivity index (χ0v) is 15.6. The fourth-order valence-corrected chi connectivity index (χ4v) is 3.69. The van der Waals surface area contributed by atoms with Gasteiger partial charge in [-0.3, -0.25) is 0 Å². The molecule has 0 radical (unpaired) electrons. The van der Waals surface area contributed by atoms with E-state index in [0.717, 1.165) is 33.2 Å². The third-order valence-corrected chi connectivity index (χ3v) is 5.14. The molecule has 0 aliphatic carbocycles. The summed E-state index contributed by atoms with van der Waals surface area (Å²) in [6.07, 6.45) is 0. The number of rotatable bonds is 4. The van der Waals surface area contributed by atoms with Crippen LogP contribution in [0.25, 0.3) is 10.8 Å². The van der Waals surface area contributed by atoms with Gasteiger partial charge in [0.2, 0.25) is 0 Å². The average molecular weight is 375 g/mol. The van der Waals surface area contributed by atoms with Gasteiger partial charge in [0.15, 0.2) is 0 Å². The summed E-state index contributed by atoms with van der Waals surface area (Å²) in [5.41, 5.74) is 3.03. The molecular formula is C24H19ClO2. The quantitative estimate of drug-likeness (QED) is 0.419. The molecule has 0 fully saturated rings. The van der Waals surface area contributed by atoms with Crippen LogP contribution in [-0.4, -0.2) is 12.2 Å². The number of phenolic OH excluding ortho intramolecular Hbond substituents is 1. The fraction of sp³-hybridized carbons (Fsp3) is 0.0833. The average Bonchev–Trinajstić information content (AvgIpc) is 2.71. The molecule has 4 rings (SSSR count). The highest BCUT2D eigenvalue weighted by Crippen LogP contribution is 2.41. The van der Waals surface area contributed by atoms with E-state index in [1.54, 1.807) is 13.2 Å². The smallest absolute Gasteiger partial charge is 0.120 e. The van der Waals surface area contributed by atoms with E-state index in [2.05, 4.69) is 12.1 Å². The molecule has 0 aliphatic rings. The van der Waals surface area contributed by atoms with Crippen molar-refractivity contribution in [1.29, 1.82) is 0 Å². The van der Waals surface area contributed by atoms with Gasteiger partial charge in [-0.1, -0.05) is 66.2 Å². The molecule has 4 aromatic carbocycles. The van der Waals surface area contributed by atoms with Gasteiger partial charge >= 0.3 is 0 Å². The number of fused-ring (bicyclic) bond motifs is 1. The molecule has 0 bridgehead atoms. The molecule has 1 N–H and O–H groups in total. The molecule has 0 aliphatic heterocycles. The first-order valence-corrected chi connectivity index (χ1v) is 9.15. The Morgan fingerprint density at radius 1 is 0.778 bits per heavy atom. The van der Waals surface area contributed by atoms with Crippen molar-refractivity contribution in [3.8, 4) is 11.5 Å². The van der Waals surface area contributed by atoms with Gasteiger partial charge < -0.3 is 9.84 Å². The molecule has 4 aromatic rings. The van der Waals surface area contributed by atoms with Gasteiger partial charge in [0.25, 0.3) is 0 Å². The Labute approximate surface area is 163 Å². The first-order chi connectivity index (χ1) is 13.2. The Hall–Kier alpha value is -2.97. The van der Waals surface area contributed by atoms with E-state index in [1.807, 2.05) is 66.7 Å². The second-order valence-corrected chi connectivity index (χ2v) is 6.91. The van der Waals surface area contributed by atoms with Crippen molar-refractivity contribution in [1.82, 2.24) is 0 Å². The minimum Gasteiger partial charge on any atom is -0.508 e. The van der Waals surface area contributed by atoms with E-state index >= 15 is 0 Å². The van der Waals surface area contributed by atoms with Gasteiger partial charge in [-0.15, -0.1) is 0 Å². The first-order valence-electron chi connectivity index (χ1n) is 8.77. The van der Waals surface area contributed by atoms with Gasteiger partial charge in [-0.2, -0.15) is 0 Å². The molecule has 0 saturated carbocycles. The topological polar surface area (TPSA) is 29.5 Å². The summed E-state index contributed by atoms with van der Waals surface area (Å²) in [7, 11) is 1.65. The molecule has 27 heavy (non-hydrogen) atoms. The highest BCUT2D eigenvalue weighted by molar-refractivity contribution is 6.30. The summed E-state index contributed by atoms with van der Waals surface area (Å²) < 4.78 is 5.30. The number of halogens is 1. The van der Waals surface area contributed by atoms with Crippen LogP contribution >= 0.6 is 11.6 Å². The van der Waals surface area contributed by atoms with Crippen LogP contribution in [0.1, 0.15) is 22.6 Å². The lowest BCUT2D eigenvalue weighted by atomic mass is 9.82. The molecular weight excluding hydrogens is 356 g/mol. The first kappa shape index (κ1) is 17.4. The number of ether oxygens (including phenoxy) is 1. The van der Waals surface area contributed by atoms with E-state index in [9.17, 15) is 5.11 Å². The number of hydrogen-bond acceptors (Lipinski definition) is 2. The molecule has 0 spiro atoms. The number of aromatic hydroxyl groups is 1. The standard InChI is InChI=1S/C24H19ClO2/c1-27-20-13-8-18(9-14-20)23(17-6-11-19(25)12-7-17)24-21-5-3-2-4-16(21)10-15-22(24)26/h2-15,23,26H,1H3. The maximum Gasteiger partial charge on any atom is 0.120 e. The zero-order chi connectivity index (χ0) is 18.8. The van der Waals surface area contributed by atoms with Gasteiger partial charge in [0.1, 0.15) is 11.5 Å². The highest BCUT2D eigenvalue weighted by Gasteiger charge is 2.22. The van der Waals surface area contributed by atoms with Crippen molar-refractivity contribution >= 4 is 22.4 Å². The predicted molar refractivity (Wildman–Crippen MR) is 111 cm³/mol. The molecule has 0 amide bonds. The number of phenols is 1. The Bertz CT molecular complexity index is 1070.